The van der Waals surface area contributed by atoms with Crippen LogP contribution in [0.5, 0.6) is 5.75 Å². The molecule has 1 amide bonds. The van der Waals surface area contributed by atoms with Crippen molar-refractivity contribution < 1.29 is 44.7 Å². The number of hydrogen-bond donors (Lipinski definition) is 7. The fourth-order valence-electron chi connectivity index (χ4n) is 5.73. The molecule has 8 N–H and O–H groups in total. The van der Waals surface area contributed by atoms with E-state index < -0.39 is 69.7 Å². The third kappa shape index (κ3) is 3.52. The number of nitrogens with zero attached hydrogens (tertiary/aromatic N) is 1. The SMILES string of the molecule is C=C1c2ccc(CNCOC)c(O)c2C(O)=C2C(=O)[C@]3(O)C(O)=C(C(N)=O)C(=O)[C@@H](N(C)C)[C@@H]3[C@@H](O)[C@H]12. The van der Waals surface area contributed by atoms with Gasteiger partial charge in [0.15, 0.2) is 11.4 Å². The molecule has 0 unspecified atom stereocenters. The number of carbonyl (C=O) groups is 3. The van der Waals surface area contributed by atoms with E-state index >= 15 is 0 Å². The van der Waals surface area contributed by atoms with Gasteiger partial charge in [-0.25, -0.2) is 0 Å². The second-order valence-electron chi connectivity index (χ2n) is 9.59. The third-order valence-corrected chi connectivity index (χ3v) is 7.39. The molecule has 0 saturated heterocycles. The number of ether oxygens (including phenoxy) is 1. The van der Waals surface area contributed by atoms with Crippen LogP contribution in [-0.2, 0) is 25.7 Å². The Morgan fingerprint density at radius 3 is 2.46 bits per heavy atom. The quantitative estimate of drug-likeness (QED) is 0.140. The summed E-state index contributed by atoms with van der Waals surface area (Å²) in [5.74, 6) is -8.93. The number of ketones is 2. The van der Waals surface area contributed by atoms with E-state index in [1.807, 2.05) is 0 Å². The van der Waals surface area contributed by atoms with Gasteiger partial charge in [-0.3, -0.25) is 24.6 Å². The summed E-state index contributed by atoms with van der Waals surface area (Å²) in [5.41, 5.74) is 1.42. The Morgan fingerprint density at radius 2 is 1.89 bits per heavy atom. The van der Waals surface area contributed by atoms with E-state index in [0.717, 1.165) is 0 Å². The largest absolute Gasteiger partial charge is 0.508 e. The molecule has 0 aromatic heterocycles. The molecule has 0 bridgehead atoms. The number of aliphatic hydroxyl groups is 4. The van der Waals surface area contributed by atoms with Crippen LogP contribution >= 0.6 is 0 Å². The highest BCUT2D eigenvalue weighted by atomic mass is 16.5. The van der Waals surface area contributed by atoms with Crippen LogP contribution in [0.25, 0.3) is 11.3 Å². The van der Waals surface area contributed by atoms with E-state index in [9.17, 15) is 39.9 Å². The minimum atomic E-state index is -2.97. The van der Waals surface area contributed by atoms with Crippen molar-refractivity contribution in [2.75, 3.05) is 27.9 Å². The maximum atomic E-state index is 13.9. The molecule has 37 heavy (non-hydrogen) atoms. The minimum absolute atomic E-state index is 0.145. The number of methoxy groups -OCH3 is 1. The molecule has 1 saturated carbocycles. The summed E-state index contributed by atoms with van der Waals surface area (Å²) in [5, 5.41) is 59.2. The van der Waals surface area contributed by atoms with Gasteiger partial charge >= 0.3 is 0 Å². The van der Waals surface area contributed by atoms with Crippen molar-refractivity contribution in [2.24, 2.45) is 17.6 Å². The van der Waals surface area contributed by atoms with Gasteiger partial charge in [0.05, 0.1) is 35.9 Å². The number of fused-ring (bicyclic) bond motifs is 3. The van der Waals surface area contributed by atoms with Crippen LogP contribution < -0.4 is 11.1 Å². The van der Waals surface area contributed by atoms with E-state index in [-0.39, 0.29) is 35.7 Å². The molecular formula is C25H29N3O9. The summed E-state index contributed by atoms with van der Waals surface area (Å²) >= 11 is 0. The zero-order chi connectivity index (χ0) is 27.6. The summed E-state index contributed by atoms with van der Waals surface area (Å²) in [6, 6.07) is 1.71. The maximum Gasteiger partial charge on any atom is 0.255 e. The van der Waals surface area contributed by atoms with Crippen molar-refractivity contribution in [1.29, 1.82) is 0 Å². The molecule has 198 valence electrons. The van der Waals surface area contributed by atoms with Crippen LogP contribution in [0.2, 0.25) is 0 Å². The monoisotopic (exact) mass is 515 g/mol. The standard InChI is InChI=1S/C25H29N3O9/c1-9-11-6-5-10(7-27-8-37-4)18(29)13(11)19(30)14-12(9)20(31)16-17(28(2)3)21(32)15(24(26)35)23(34)25(16,36)22(14)33/h5-6,12,16-17,20,27,29-31,34,36H,1,7-8H2,2-4H3,(H2,26,35)/t12-,16-,17+,20+,25+/m1/s1. The number of phenols is 1. The maximum absolute atomic E-state index is 13.9. The molecular weight excluding hydrogens is 486 g/mol. The topological polar surface area (TPSA) is 203 Å². The molecule has 0 heterocycles. The molecule has 4 rings (SSSR count). The third-order valence-electron chi connectivity index (χ3n) is 7.39. The molecule has 3 aliphatic carbocycles. The van der Waals surface area contributed by atoms with Gasteiger partial charge in [0.25, 0.3) is 5.91 Å². The second kappa shape index (κ2) is 9.08. The first-order valence-corrected chi connectivity index (χ1v) is 11.4. The molecule has 1 aromatic carbocycles. The highest BCUT2D eigenvalue weighted by Crippen LogP contribution is 2.55. The Balaban J connectivity index is 1.98. The lowest BCUT2D eigenvalue weighted by atomic mass is 9.55. The Bertz CT molecular complexity index is 1300. The lowest BCUT2D eigenvalue weighted by molar-refractivity contribution is -0.166. The molecule has 12 heteroatoms. The predicted molar refractivity (Wildman–Crippen MR) is 130 cm³/mol. The van der Waals surface area contributed by atoms with Crippen molar-refractivity contribution in [2.45, 2.75) is 24.3 Å². The van der Waals surface area contributed by atoms with Gasteiger partial charge in [0.2, 0.25) is 5.78 Å². The molecule has 0 radical (unpaired) electrons. The number of rotatable bonds is 6. The van der Waals surface area contributed by atoms with Crippen molar-refractivity contribution in [1.82, 2.24) is 10.2 Å². The van der Waals surface area contributed by atoms with E-state index in [1.165, 1.54) is 26.1 Å². The Morgan fingerprint density at radius 1 is 1.24 bits per heavy atom. The number of nitrogens with two attached hydrogens (primary N) is 1. The first kappa shape index (κ1) is 26.5. The molecule has 0 spiro atoms. The lowest BCUT2D eigenvalue weighted by Crippen LogP contribution is -2.70. The van der Waals surface area contributed by atoms with Crippen molar-refractivity contribution in [3.8, 4) is 5.75 Å². The van der Waals surface area contributed by atoms with Crippen LogP contribution in [0.3, 0.4) is 0 Å². The number of primary amides is 1. The molecule has 5 atom stereocenters. The van der Waals surface area contributed by atoms with Gasteiger partial charge in [0.1, 0.15) is 22.8 Å². The smallest absolute Gasteiger partial charge is 0.255 e. The van der Waals surface area contributed by atoms with Crippen molar-refractivity contribution in [3.05, 3.63) is 52.3 Å². The number of carbonyl (C=O) groups excluding carboxylic acids is 3. The van der Waals surface area contributed by atoms with E-state index in [1.54, 1.807) is 12.1 Å². The van der Waals surface area contributed by atoms with E-state index in [0.29, 0.717) is 5.56 Å². The van der Waals surface area contributed by atoms with Crippen LogP contribution in [0.1, 0.15) is 16.7 Å². The highest BCUT2D eigenvalue weighted by molar-refractivity contribution is 6.25. The average molecular weight is 516 g/mol. The normalized spacial score (nSPS) is 29.4. The fraction of sp³-hybridized carbons (Fsp3) is 0.400. The first-order valence-electron chi connectivity index (χ1n) is 11.4. The number of benzene rings is 1. The summed E-state index contributed by atoms with van der Waals surface area (Å²) in [6.45, 7) is 4.31. The van der Waals surface area contributed by atoms with Crippen molar-refractivity contribution >= 4 is 28.8 Å². The summed E-state index contributed by atoms with van der Waals surface area (Å²) in [7, 11) is 4.35. The van der Waals surface area contributed by atoms with Gasteiger partial charge in [0, 0.05) is 25.1 Å². The zero-order valence-corrected chi connectivity index (χ0v) is 20.5. The number of likely N-dealkylation sites (N-methyl/N-ethyl adjacent to an activating group) is 1. The van der Waals surface area contributed by atoms with Gasteiger partial charge in [-0.1, -0.05) is 18.7 Å². The Hall–Kier alpha value is -3.55. The Kier molecular flexibility index (Phi) is 6.51. The molecule has 0 aliphatic heterocycles. The van der Waals surface area contributed by atoms with Gasteiger partial charge < -0.3 is 36.0 Å². The first-order chi connectivity index (χ1) is 17.3. The fourth-order valence-corrected chi connectivity index (χ4v) is 5.73. The minimum Gasteiger partial charge on any atom is -0.508 e. The molecule has 12 nitrogen and oxygen atoms in total. The van der Waals surface area contributed by atoms with Crippen molar-refractivity contribution in [3.63, 3.8) is 0 Å². The Labute approximate surface area is 211 Å². The zero-order valence-electron chi connectivity index (χ0n) is 20.5. The van der Waals surface area contributed by atoms with E-state index in [2.05, 4.69) is 11.9 Å². The predicted octanol–water partition coefficient (Wildman–Crippen LogP) is -0.901. The van der Waals surface area contributed by atoms with Crippen LogP contribution in [0, 0.1) is 11.8 Å². The number of aliphatic hydroxyl groups excluding tert-OH is 3. The highest BCUT2D eigenvalue weighted by Gasteiger charge is 2.68. The number of phenolic OH excluding ortho intramolecular Hbond substituents is 1. The second-order valence-corrected chi connectivity index (χ2v) is 9.59. The van der Waals surface area contributed by atoms with Gasteiger partial charge in [-0.15, -0.1) is 0 Å². The molecule has 1 aromatic rings. The lowest BCUT2D eigenvalue weighted by Gasteiger charge is -2.52. The van der Waals surface area contributed by atoms with E-state index in [4.69, 9.17) is 10.5 Å². The average Bonchev–Trinajstić information content (AvgIpc) is 2.82. The number of amides is 1. The van der Waals surface area contributed by atoms with Gasteiger partial charge in [-0.2, -0.15) is 0 Å². The number of Topliss-reactive ketones (excluding diaryl/α,β-unsaturated/α-hetero) is 2. The summed E-state index contributed by atoms with van der Waals surface area (Å²) < 4.78 is 4.93. The summed E-state index contributed by atoms with van der Waals surface area (Å²) in [4.78, 5) is 40.4. The van der Waals surface area contributed by atoms with Crippen LogP contribution in [-0.4, -0.2) is 93.6 Å². The van der Waals surface area contributed by atoms with Gasteiger partial charge in [-0.05, 0) is 25.2 Å². The molecule has 1 fully saturated rings. The summed E-state index contributed by atoms with van der Waals surface area (Å²) in [6.07, 6.45) is -1.72. The van der Waals surface area contributed by atoms with Crippen LogP contribution in [0.15, 0.2) is 35.6 Å². The van der Waals surface area contributed by atoms with Crippen LogP contribution in [0.4, 0.5) is 0 Å². The number of nitrogens with one attached hydrogen (secondary N) is 1. The number of aromatic hydroxyl groups is 1. The molecule has 3 aliphatic rings. The number of hydrogen-bond acceptors (Lipinski definition) is 11.